The molecule has 0 aliphatic heterocycles. The van der Waals surface area contributed by atoms with Crippen LogP contribution in [0, 0.1) is 18.3 Å². The molecule has 0 fully saturated rings. The Bertz CT molecular complexity index is 1120. The Labute approximate surface area is 168 Å². The Hall–Kier alpha value is -3.79. The molecule has 7 nitrogen and oxygen atoms in total. The van der Waals surface area contributed by atoms with Crippen molar-refractivity contribution in [3.05, 3.63) is 87.1 Å². The lowest BCUT2D eigenvalue weighted by atomic mass is 9.99. The van der Waals surface area contributed by atoms with E-state index in [4.69, 9.17) is 10.00 Å². The molecule has 1 N–H and O–H groups in total. The number of nitrogens with one attached hydrogen (secondary N) is 1. The average molecular weight is 390 g/mol. The molecule has 29 heavy (non-hydrogen) atoms. The van der Waals surface area contributed by atoms with Crippen LogP contribution >= 0.6 is 0 Å². The molecule has 0 aliphatic rings. The van der Waals surface area contributed by atoms with Crippen LogP contribution < -0.4 is 10.9 Å². The zero-order valence-electron chi connectivity index (χ0n) is 16.8. The first kappa shape index (κ1) is 20.0. The molecule has 7 heteroatoms. The van der Waals surface area contributed by atoms with Gasteiger partial charge in [-0.1, -0.05) is 12.1 Å². The Kier molecular flexibility index (Phi) is 5.55. The van der Waals surface area contributed by atoms with Gasteiger partial charge >= 0.3 is 5.97 Å². The van der Waals surface area contributed by atoms with E-state index >= 15 is 0 Å². The van der Waals surface area contributed by atoms with E-state index in [-0.39, 0.29) is 5.56 Å². The van der Waals surface area contributed by atoms with E-state index in [0.29, 0.717) is 22.4 Å². The first-order chi connectivity index (χ1) is 13.8. The molecular formula is C22H22N4O3. The lowest BCUT2D eigenvalue weighted by molar-refractivity contribution is 0.0599. The lowest BCUT2D eigenvalue weighted by Gasteiger charge is -2.23. The van der Waals surface area contributed by atoms with Crippen molar-refractivity contribution in [1.82, 2.24) is 9.13 Å². The second-order valence-electron chi connectivity index (χ2n) is 6.86. The molecule has 1 aromatic carbocycles. The first-order valence-corrected chi connectivity index (χ1v) is 9.03. The van der Waals surface area contributed by atoms with Gasteiger partial charge in [-0.15, -0.1) is 0 Å². The van der Waals surface area contributed by atoms with Crippen LogP contribution in [-0.2, 0) is 18.8 Å². The van der Waals surface area contributed by atoms with Crippen molar-refractivity contribution in [2.75, 3.05) is 12.4 Å². The Morgan fingerprint density at radius 1 is 1.17 bits per heavy atom. The number of hydrogen-bond acceptors (Lipinski definition) is 5. The second kappa shape index (κ2) is 8.07. The maximum atomic E-state index is 12.3. The summed E-state index contributed by atoms with van der Waals surface area (Å²) in [6, 6.07) is 12.4. The van der Waals surface area contributed by atoms with E-state index in [9.17, 15) is 9.59 Å². The van der Waals surface area contributed by atoms with Gasteiger partial charge in [-0.3, -0.25) is 4.79 Å². The van der Waals surface area contributed by atoms with Gasteiger partial charge in [0, 0.05) is 32.1 Å². The maximum absolute atomic E-state index is 12.3. The van der Waals surface area contributed by atoms with Gasteiger partial charge in [0.2, 0.25) is 0 Å². The summed E-state index contributed by atoms with van der Waals surface area (Å²) in [6.07, 6.45) is 3.51. The molecular weight excluding hydrogens is 368 g/mol. The van der Waals surface area contributed by atoms with Gasteiger partial charge in [0.1, 0.15) is 0 Å². The number of carbonyl (C=O) groups is 1. The van der Waals surface area contributed by atoms with Gasteiger partial charge in [-0.05, 0) is 36.8 Å². The SMILES string of the molecule is COC(=O)c1ccn(C)c1C(Nc1cc(C)c(=O)n(C)c1)c1ccc(C#N)cc1. The maximum Gasteiger partial charge on any atom is 0.339 e. The van der Waals surface area contributed by atoms with Gasteiger partial charge in [0.25, 0.3) is 5.56 Å². The van der Waals surface area contributed by atoms with Crippen LogP contribution in [0.25, 0.3) is 0 Å². The predicted octanol–water partition coefficient (Wildman–Crippen LogP) is 2.89. The van der Waals surface area contributed by atoms with Crippen molar-refractivity contribution in [3.63, 3.8) is 0 Å². The number of benzene rings is 1. The molecule has 1 unspecified atom stereocenters. The molecule has 148 valence electrons. The fraction of sp³-hybridized carbons (Fsp3) is 0.227. The van der Waals surface area contributed by atoms with Gasteiger partial charge in [0.05, 0.1) is 41.7 Å². The highest BCUT2D eigenvalue weighted by Crippen LogP contribution is 2.30. The van der Waals surface area contributed by atoms with Crippen molar-refractivity contribution in [2.45, 2.75) is 13.0 Å². The molecule has 0 radical (unpaired) electrons. The van der Waals surface area contributed by atoms with Crippen LogP contribution in [0.3, 0.4) is 0 Å². The molecule has 3 rings (SSSR count). The van der Waals surface area contributed by atoms with Crippen LogP contribution in [0.4, 0.5) is 5.69 Å². The van der Waals surface area contributed by atoms with Gasteiger partial charge < -0.3 is 19.2 Å². The number of pyridine rings is 1. The molecule has 0 amide bonds. The molecule has 2 heterocycles. The van der Waals surface area contributed by atoms with E-state index < -0.39 is 12.0 Å². The molecule has 0 aliphatic carbocycles. The summed E-state index contributed by atoms with van der Waals surface area (Å²) in [6.45, 7) is 1.76. The van der Waals surface area contributed by atoms with E-state index in [1.165, 1.54) is 11.7 Å². The standard InChI is InChI=1S/C22H22N4O3/c1-14-11-17(13-26(3)21(14)27)24-19(16-7-5-15(12-23)6-8-16)20-18(22(28)29-4)9-10-25(20)2/h5-11,13,19,24H,1-4H3. The van der Waals surface area contributed by atoms with Crippen molar-refractivity contribution >= 4 is 11.7 Å². The smallest absolute Gasteiger partial charge is 0.339 e. The number of hydrogen-bond donors (Lipinski definition) is 1. The summed E-state index contributed by atoms with van der Waals surface area (Å²) in [5.41, 5.74) is 3.84. The Morgan fingerprint density at radius 3 is 2.45 bits per heavy atom. The van der Waals surface area contributed by atoms with Crippen molar-refractivity contribution in [3.8, 4) is 6.07 Å². The zero-order valence-corrected chi connectivity index (χ0v) is 16.8. The molecule has 0 saturated carbocycles. The van der Waals surface area contributed by atoms with Gasteiger partial charge in [-0.25, -0.2) is 4.79 Å². The molecule has 1 atom stereocenters. The third-order valence-corrected chi connectivity index (χ3v) is 4.85. The lowest BCUT2D eigenvalue weighted by Crippen LogP contribution is -2.22. The minimum atomic E-state index is -0.433. The number of nitrogens with zero attached hydrogens (tertiary/aromatic N) is 3. The molecule has 0 spiro atoms. The number of aryl methyl sites for hydroxylation is 3. The van der Waals surface area contributed by atoms with E-state index in [0.717, 1.165) is 11.3 Å². The Morgan fingerprint density at radius 2 is 1.86 bits per heavy atom. The summed E-state index contributed by atoms with van der Waals surface area (Å²) in [7, 11) is 4.89. The van der Waals surface area contributed by atoms with Crippen LogP contribution in [0.2, 0.25) is 0 Å². The molecule has 2 aromatic heterocycles. The number of nitriles is 1. The van der Waals surface area contributed by atoms with Crippen LogP contribution in [0.15, 0.2) is 53.6 Å². The van der Waals surface area contributed by atoms with Crippen molar-refractivity contribution in [2.24, 2.45) is 14.1 Å². The number of anilines is 1. The van der Waals surface area contributed by atoms with Crippen LogP contribution in [0.5, 0.6) is 0 Å². The minimum Gasteiger partial charge on any atom is -0.465 e. The number of aromatic nitrogens is 2. The third kappa shape index (κ3) is 3.92. The number of esters is 1. The largest absolute Gasteiger partial charge is 0.465 e. The number of rotatable bonds is 5. The minimum absolute atomic E-state index is 0.0698. The monoisotopic (exact) mass is 390 g/mol. The van der Waals surface area contributed by atoms with E-state index in [1.807, 2.05) is 23.7 Å². The highest BCUT2D eigenvalue weighted by molar-refractivity contribution is 5.91. The Balaban J connectivity index is 2.15. The summed E-state index contributed by atoms with van der Waals surface area (Å²) < 4.78 is 8.32. The first-order valence-electron chi connectivity index (χ1n) is 9.03. The highest BCUT2D eigenvalue weighted by atomic mass is 16.5. The van der Waals surface area contributed by atoms with E-state index in [2.05, 4.69) is 11.4 Å². The summed E-state index contributed by atoms with van der Waals surface area (Å²) in [4.78, 5) is 24.4. The summed E-state index contributed by atoms with van der Waals surface area (Å²) in [5.74, 6) is -0.433. The second-order valence-corrected chi connectivity index (χ2v) is 6.86. The van der Waals surface area contributed by atoms with Gasteiger partial charge in [0.15, 0.2) is 0 Å². The zero-order chi connectivity index (χ0) is 21.1. The van der Waals surface area contributed by atoms with Gasteiger partial charge in [-0.2, -0.15) is 5.26 Å². The fourth-order valence-electron chi connectivity index (χ4n) is 3.37. The highest BCUT2D eigenvalue weighted by Gasteiger charge is 2.25. The molecule has 0 bridgehead atoms. The van der Waals surface area contributed by atoms with Crippen molar-refractivity contribution < 1.29 is 9.53 Å². The van der Waals surface area contributed by atoms with Crippen LogP contribution in [-0.4, -0.2) is 22.2 Å². The number of carbonyl (C=O) groups excluding carboxylic acids is 1. The molecule has 3 aromatic rings. The normalized spacial score (nSPS) is 11.6. The number of ether oxygens (including phenoxy) is 1. The van der Waals surface area contributed by atoms with E-state index in [1.54, 1.807) is 50.6 Å². The number of methoxy groups -OCH3 is 1. The quantitative estimate of drug-likeness (QED) is 0.677. The van der Waals surface area contributed by atoms with Crippen molar-refractivity contribution in [1.29, 1.82) is 5.26 Å². The fourth-order valence-corrected chi connectivity index (χ4v) is 3.37. The topological polar surface area (TPSA) is 89.0 Å². The third-order valence-electron chi connectivity index (χ3n) is 4.85. The summed E-state index contributed by atoms with van der Waals surface area (Å²) in [5, 5.41) is 12.5. The predicted molar refractivity (Wildman–Crippen MR) is 110 cm³/mol. The molecule has 0 saturated heterocycles. The summed E-state index contributed by atoms with van der Waals surface area (Å²) >= 11 is 0. The average Bonchev–Trinajstić information content (AvgIpc) is 3.10. The van der Waals surface area contributed by atoms with Crippen LogP contribution in [0.1, 0.15) is 38.8 Å².